The van der Waals surface area contributed by atoms with Crippen LogP contribution in [-0.4, -0.2) is 15.4 Å². The number of rotatable bonds is 3. The second-order valence-corrected chi connectivity index (χ2v) is 7.36. The van der Waals surface area contributed by atoms with Gasteiger partial charge in [-0.1, -0.05) is 13.0 Å². The molecule has 9 heavy (non-hydrogen) atoms. The van der Waals surface area contributed by atoms with Gasteiger partial charge in [-0.3, -0.25) is 0 Å². The molecule has 0 aliphatic rings. The van der Waals surface area contributed by atoms with Crippen LogP contribution >= 0.6 is 0 Å². The summed E-state index contributed by atoms with van der Waals surface area (Å²) in [4.78, 5) is 0. The largest absolute Gasteiger partial charge is 0.420 e. The smallest absolute Gasteiger partial charge is 0.192 e. The normalized spacial score (nSPS) is 15.1. The van der Waals surface area contributed by atoms with Crippen LogP contribution in [0.1, 0.15) is 6.92 Å². The van der Waals surface area contributed by atoms with Crippen molar-refractivity contribution < 1.29 is 4.43 Å². The van der Waals surface area contributed by atoms with Gasteiger partial charge in [-0.2, -0.15) is 0 Å². The Morgan fingerprint density at radius 3 is 2.11 bits per heavy atom. The van der Waals surface area contributed by atoms with Gasteiger partial charge in [0.25, 0.3) is 0 Å². The molecule has 0 aliphatic heterocycles. The minimum Gasteiger partial charge on any atom is -0.420 e. The molecule has 0 bridgehead atoms. The molecule has 0 heterocycles. The molecular weight excluding hydrogens is 128 g/mol. The highest BCUT2D eigenvalue weighted by Crippen LogP contribution is 2.21. The van der Waals surface area contributed by atoms with E-state index in [2.05, 4.69) is 26.6 Å². The highest BCUT2D eigenvalue weighted by Gasteiger charge is 2.25. The Bertz CT molecular complexity index is 99.1. The second-order valence-electron chi connectivity index (χ2n) is 2.83. The summed E-state index contributed by atoms with van der Waals surface area (Å²) in [6.07, 6.45) is 1.97. The molecule has 1 atom stereocenters. The zero-order chi connectivity index (χ0) is 7.49. The van der Waals surface area contributed by atoms with Gasteiger partial charge in [-0.15, -0.1) is 6.58 Å². The van der Waals surface area contributed by atoms with Crippen LogP contribution < -0.4 is 0 Å². The minimum absolute atomic E-state index is 0.544. The maximum Gasteiger partial charge on any atom is 0.192 e. The third kappa shape index (κ3) is 2.33. The van der Waals surface area contributed by atoms with Gasteiger partial charge in [0, 0.05) is 7.11 Å². The molecule has 1 nitrogen and oxygen atoms in total. The molecule has 0 aromatic carbocycles. The predicted octanol–water partition coefficient (Wildman–Crippen LogP) is 2.41. The molecule has 0 aromatic rings. The molecule has 0 saturated heterocycles. The summed E-state index contributed by atoms with van der Waals surface area (Å²) >= 11 is 0. The van der Waals surface area contributed by atoms with Gasteiger partial charge in [0.1, 0.15) is 0 Å². The van der Waals surface area contributed by atoms with E-state index >= 15 is 0 Å². The average Bonchev–Trinajstić information content (AvgIpc) is 1.86. The Morgan fingerprint density at radius 2 is 2.00 bits per heavy atom. The van der Waals surface area contributed by atoms with Crippen molar-refractivity contribution in [3.05, 3.63) is 12.7 Å². The first-order valence-corrected chi connectivity index (χ1v) is 6.21. The van der Waals surface area contributed by atoms with Crippen LogP contribution in [0.15, 0.2) is 12.7 Å². The Morgan fingerprint density at radius 1 is 1.56 bits per heavy atom. The SMILES string of the molecule is C=CC(C)[Si](C)(C)OC. The van der Waals surface area contributed by atoms with Crippen molar-refractivity contribution >= 4 is 8.32 Å². The second kappa shape index (κ2) is 3.18. The molecule has 0 amide bonds. The number of hydrogen-bond donors (Lipinski definition) is 0. The fourth-order valence-corrected chi connectivity index (χ4v) is 1.41. The lowest BCUT2D eigenvalue weighted by molar-refractivity contribution is 0.398. The average molecular weight is 144 g/mol. The molecule has 0 radical (unpaired) electrons. The van der Waals surface area contributed by atoms with E-state index in [0.717, 1.165) is 0 Å². The number of hydrogen-bond acceptors (Lipinski definition) is 1. The summed E-state index contributed by atoms with van der Waals surface area (Å²) < 4.78 is 5.36. The van der Waals surface area contributed by atoms with Gasteiger partial charge in [0.15, 0.2) is 8.32 Å². The Hall–Kier alpha value is -0.0831. The van der Waals surface area contributed by atoms with E-state index in [1.54, 1.807) is 7.11 Å². The molecular formula is C7H16OSi. The summed E-state index contributed by atoms with van der Waals surface area (Å²) in [5, 5.41) is 0. The fraction of sp³-hybridized carbons (Fsp3) is 0.714. The van der Waals surface area contributed by atoms with Crippen molar-refractivity contribution in [3.8, 4) is 0 Å². The van der Waals surface area contributed by atoms with Crippen LogP contribution in [0.25, 0.3) is 0 Å². The van der Waals surface area contributed by atoms with Gasteiger partial charge >= 0.3 is 0 Å². The van der Waals surface area contributed by atoms with Crippen LogP contribution in [0, 0.1) is 0 Å². The molecule has 2 heteroatoms. The van der Waals surface area contributed by atoms with Gasteiger partial charge < -0.3 is 4.43 Å². The quantitative estimate of drug-likeness (QED) is 0.436. The van der Waals surface area contributed by atoms with Gasteiger partial charge in [-0.05, 0) is 18.6 Å². The maximum absolute atomic E-state index is 5.36. The topological polar surface area (TPSA) is 9.23 Å². The van der Waals surface area contributed by atoms with Crippen molar-refractivity contribution in [1.82, 2.24) is 0 Å². The van der Waals surface area contributed by atoms with Crippen molar-refractivity contribution in [1.29, 1.82) is 0 Å². The van der Waals surface area contributed by atoms with E-state index in [0.29, 0.717) is 5.54 Å². The summed E-state index contributed by atoms with van der Waals surface area (Å²) in [6.45, 7) is 10.3. The van der Waals surface area contributed by atoms with E-state index in [4.69, 9.17) is 4.43 Å². The maximum atomic E-state index is 5.36. The standard InChI is InChI=1S/C7H16OSi/c1-6-7(2)9(4,5)8-3/h6-7H,1H2,2-5H3. The highest BCUT2D eigenvalue weighted by molar-refractivity contribution is 6.73. The first-order valence-electron chi connectivity index (χ1n) is 3.22. The van der Waals surface area contributed by atoms with Gasteiger partial charge in [0.2, 0.25) is 0 Å². The molecule has 54 valence electrons. The lowest BCUT2D eigenvalue weighted by Crippen LogP contribution is -2.32. The third-order valence-corrected chi connectivity index (χ3v) is 5.46. The lowest BCUT2D eigenvalue weighted by atomic mass is 10.5. The monoisotopic (exact) mass is 144 g/mol. The first-order chi connectivity index (χ1) is 4.04. The molecule has 0 spiro atoms. The summed E-state index contributed by atoms with van der Waals surface area (Å²) in [5.41, 5.74) is 0.544. The van der Waals surface area contributed by atoms with Gasteiger partial charge in [-0.25, -0.2) is 0 Å². The van der Waals surface area contributed by atoms with Crippen LogP contribution in [-0.2, 0) is 4.43 Å². The zero-order valence-electron chi connectivity index (χ0n) is 6.77. The fourth-order valence-electron chi connectivity index (χ4n) is 0.470. The lowest BCUT2D eigenvalue weighted by Gasteiger charge is -2.24. The van der Waals surface area contributed by atoms with Crippen LogP contribution in [0.2, 0.25) is 18.6 Å². The zero-order valence-corrected chi connectivity index (χ0v) is 7.77. The number of allylic oxidation sites excluding steroid dienone is 1. The molecule has 0 aromatic heterocycles. The molecule has 0 N–H and O–H groups in total. The van der Waals surface area contributed by atoms with E-state index in [-0.39, 0.29) is 0 Å². The van der Waals surface area contributed by atoms with Gasteiger partial charge in [0.05, 0.1) is 0 Å². The van der Waals surface area contributed by atoms with E-state index < -0.39 is 8.32 Å². The molecule has 1 unspecified atom stereocenters. The first kappa shape index (κ1) is 8.92. The summed E-state index contributed by atoms with van der Waals surface area (Å²) in [7, 11) is 0.385. The Balaban J connectivity index is 3.95. The Kier molecular flexibility index (Phi) is 3.15. The summed E-state index contributed by atoms with van der Waals surface area (Å²) in [6, 6.07) is 0. The van der Waals surface area contributed by atoms with Crippen LogP contribution in [0.5, 0.6) is 0 Å². The summed E-state index contributed by atoms with van der Waals surface area (Å²) in [5.74, 6) is 0. The predicted molar refractivity (Wildman–Crippen MR) is 44.1 cm³/mol. The molecule has 0 saturated carbocycles. The van der Waals surface area contributed by atoms with Crippen LogP contribution in [0.4, 0.5) is 0 Å². The molecule has 0 rings (SSSR count). The van der Waals surface area contributed by atoms with E-state index in [1.807, 2.05) is 6.08 Å². The Labute approximate surface area is 58.9 Å². The van der Waals surface area contributed by atoms with Crippen molar-refractivity contribution in [2.75, 3.05) is 7.11 Å². The van der Waals surface area contributed by atoms with E-state index in [1.165, 1.54) is 0 Å². The van der Waals surface area contributed by atoms with Crippen LogP contribution in [0.3, 0.4) is 0 Å². The third-order valence-electron chi connectivity index (χ3n) is 1.98. The minimum atomic E-state index is -1.40. The molecule has 0 fully saturated rings. The highest BCUT2D eigenvalue weighted by atomic mass is 28.4. The van der Waals surface area contributed by atoms with Crippen molar-refractivity contribution in [2.45, 2.75) is 25.6 Å². The molecule has 0 aliphatic carbocycles. The van der Waals surface area contributed by atoms with Crippen molar-refractivity contribution in [2.24, 2.45) is 0 Å². The van der Waals surface area contributed by atoms with E-state index in [9.17, 15) is 0 Å². The van der Waals surface area contributed by atoms with Crippen molar-refractivity contribution in [3.63, 3.8) is 0 Å².